The summed E-state index contributed by atoms with van der Waals surface area (Å²) in [5.74, 6) is 0. The zero-order valence-corrected chi connectivity index (χ0v) is 12.5. The first-order chi connectivity index (χ1) is 9.74. The number of hydrogen-bond acceptors (Lipinski definition) is 3. The summed E-state index contributed by atoms with van der Waals surface area (Å²) >= 11 is 3.40. The molecule has 102 valence electrons. The third-order valence-electron chi connectivity index (χ3n) is 3.02. The van der Waals surface area contributed by atoms with Crippen LogP contribution in [0.2, 0.25) is 0 Å². The maximum atomic E-state index is 9.24. The molecule has 3 nitrogen and oxygen atoms in total. The summed E-state index contributed by atoms with van der Waals surface area (Å²) in [7, 11) is 0. The predicted octanol–water partition coefficient (Wildman–Crippen LogP) is 3.32. The standard InChI is InChI=1S/C16H15BrN2O/c17-16-10-15(7-6-14(16)11-18)19(8-9-20)12-13-4-2-1-3-5-13/h1-7,10,20H,8-9,12H2. The van der Waals surface area contributed by atoms with Gasteiger partial charge in [0.25, 0.3) is 0 Å². The van der Waals surface area contributed by atoms with E-state index in [1.807, 2.05) is 30.3 Å². The van der Waals surface area contributed by atoms with Gasteiger partial charge in [0.15, 0.2) is 0 Å². The summed E-state index contributed by atoms with van der Waals surface area (Å²) < 4.78 is 0.772. The lowest BCUT2D eigenvalue weighted by molar-refractivity contribution is 0.301. The van der Waals surface area contributed by atoms with E-state index < -0.39 is 0 Å². The zero-order chi connectivity index (χ0) is 14.4. The van der Waals surface area contributed by atoms with Crippen molar-refractivity contribution in [2.24, 2.45) is 0 Å². The SMILES string of the molecule is N#Cc1ccc(N(CCO)Cc2ccccc2)cc1Br. The summed E-state index contributed by atoms with van der Waals surface area (Å²) in [5.41, 5.74) is 2.77. The molecule has 0 fully saturated rings. The second kappa shape index (κ2) is 7.09. The molecule has 2 aromatic carbocycles. The van der Waals surface area contributed by atoms with Gasteiger partial charge in [0, 0.05) is 23.2 Å². The largest absolute Gasteiger partial charge is 0.395 e. The van der Waals surface area contributed by atoms with Crippen LogP contribution in [0.4, 0.5) is 5.69 Å². The van der Waals surface area contributed by atoms with Crippen molar-refractivity contribution in [2.45, 2.75) is 6.54 Å². The highest BCUT2D eigenvalue weighted by molar-refractivity contribution is 9.10. The first kappa shape index (κ1) is 14.6. The van der Waals surface area contributed by atoms with Gasteiger partial charge in [0.2, 0.25) is 0 Å². The normalized spacial score (nSPS) is 10.1. The molecule has 4 heteroatoms. The Morgan fingerprint density at radius 1 is 1.15 bits per heavy atom. The molecule has 20 heavy (non-hydrogen) atoms. The van der Waals surface area contributed by atoms with Crippen molar-refractivity contribution in [1.29, 1.82) is 5.26 Å². The number of aliphatic hydroxyl groups is 1. The minimum atomic E-state index is 0.0878. The third-order valence-corrected chi connectivity index (χ3v) is 3.68. The number of rotatable bonds is 5. The van der Waals surface area contributed by atoms with E-state index in [0.717, 1.165) is 16.7 Å². The van der Waals surface area contributed by atoms with E-state index in [0.29, 0.717) is 12.1 Å². The highest BCUT2D eigenvalue weighted by Gasteiger charge is 2.09. The highest BCUT2D eigenvalue weighted by Crippen LogP contribution is 2.24. The van der Waals surface area contributed by atoms with Crippen LogP contribution in [0, 0.1) is 11.3 Å². The van der Waals surface area contributed by atoms with Gasteiger partial charge in [-0.05, 0) is 39.7 Å². The molecular formula is C16H15BrN2O. The zero-order valence-electron chi connectivity index (χ0n) is 11.0. The molecule has 0 aliphatic rings. The molecule has 0 bridgehead atoms. The molecule has 2 rings (SSSR count). The number of nitrogens with zero attached hydrogens (tertiary/aromatic N) is 2. The molecule has 0 heterocycles. The van der Waals surface area contributed by atoms with Crippen molar-refractivity contribution < 1.29 is 5.11 Å². The Balaban J connectivity index is 2.24. The Hall–Kier alpha value is -1.83. The van der Waals surface area contributed by atoms with E-state index >= 15 is 0 Å². The van der Waals surface area contributed by atoms with Crippen molar-refractivity contribution in [2.75, 3.05) is 18.1 Å². The molecule has 0 spiro atoms. The van der Waals surface area contributed by atoms with Crippen LogP contribution in [0.15, 0.2) is 53.0 Å². The van der Waals surface area contributed by atoms with Crippen molar-refractivity contribution in [3.05, 3.63) is 64.1 Å². The quantitative estimate of drug-likeness (QED) is 0.914. The molecular weight excluding hydrogens is 316 g/mol. The van der Waals surface area contributed by atoms with Crippen molar-refractivity contribution >= 4 is 21.6 Å². The fraction of sp³-hybridized carbons (Fsp3) is 0.188. The maximum Gasteiger partial charge on any atom is 0.100 e. The first-order valence-electron chi connectivity index (χ1n) is 6.34. The second-order valence-corrected chi connectivity index (χ2v) is 5.26. The molecule has 2 aromatic rings. The minimum absolute atomic E-state index is 0.0878. The molecule has 0 atom stereocenters. The highest BCUT2D eigenvalue weighted by atomic mass is 79.9. The maximum absolute atomic E-state index is 9.24. The average molecular weight is 331 g/mol. The van der Waals surface area contributed by atoms with E-state index in [9.17, 15) is 5.11 Å². The summed E-state index contributed by atoms with van der Waals surface area (Å²) in [6, 6.07) is 17.8. The van der Waals surface area contributed by atoms with Gasteiger partial charge in [0.1, 0.15) is 6.07 Å². The molecule has 0 aromatic heterocycles. The number of anilines is 1. The lowest BCUT2D eigenvalue weighted by Crippen LogP contribution is -2.26. The first-order valence-corrected chi connectivity index (χ1v) is 7.13. The molecule has 0 unspecified atom stereocenters. The van der Waals surface area contributed by atoms with Crippen LogP contribution in [-0.4, -0.2) is 18.3 Å². The number of aliphatic hydroxyl groups excluding tert-OH is 1. The van der Waals surface area contributed by atoms with Gasteiger partial charge < -0.3 is 10.0 Å². The Morgan fingerprint density at radius 2 is 1.90 bits per heavy atom. The van der Waals surface area contributed by atoms with E-state index in [-0.39, 0.29) is 6.61 Å². The topological polar surface area (TPSA) is 47.3 Å². The molecule has 0 saturated carbocycles. The van der Waals surface area contributed by atoms with E-state index in [1.165, 1.54) is 5.56 Å². The molecule has 0 aliphatic heterocycles. The summed E-state index contributed by atoms with van der Waals surface area (Å²) in [4.78, 5) is 2.08. The molecule has 1 N–H and O–H groups in total. The van der Waals surface area contributed by atoms with Gasteiger partial charge in [0.05, 0.1) is 12.2 Å². The van der Waals surface area contributed by atoms with Crippen LogP contribution >= 0.6 is 15.9 Å². The number of halogens is 1. The lowest BCUT2D eigenvalue weighted by Gasteiger charge is -2.24. The van der Waals surface area contributed by atoms with Crippen LogP contribution in [0.1, 0.15) is 11.1 Å². The van der Waals surface area contributed by atoms with Crippen LogP contribution in [0.5, 0.6) is 0 Å². The predicted molar refractivity (Wildman–Crippen MR) is 83.4 cm³/mol. The Kier molecular flexibility index (Phi) is 5.16. The van der Waals surface area contributed by atoms with Gasteiger partial charge in [-0.2, -0.15) is 5.26 Å². The fourth-order valence-corrected chi connectivity index (χ4v) is 2.47. The van der Waals surface area contributed by atoms with Gasteiger partial charge >= 0.3 is 0 Å². The summed E-state index contributed by atoms with van der Waals surface area (Å²) in [6.07, 6.45) is 0. The second-order valence-electron chi connectivity index (χ2n) is 4.41. The van der Waals surface area contributed by atoms with Crippen LogP contribution in [0.3, 0.4) is 0 Å². The van der Waals surface area contributed by atoms with Crippen LogP contribution < -0.4 is 4.90 Å². The Morgan fingerprint density at radius 3 is 2.50 bits per heavy atom. The smallest absolute Gasteiger partial charge is 0.100 e. The fourth-order valence-electron chi connectivity index (χ4n) is 2.02. The Bertz CT molecular complexity index is 608. The van der Waals surface area contributed by atoms with Gasteiger partial charge in [-0.3, -0.25) is 0 Å². The number of nitriles is 1. The van der Waals surface area contributed by atoms with Crippen molar-refractivity contribution in [1.82, 2.24) is 0 Å². The van der Waals surface area contributed by atoms with Crippen LogP contribution in [-0.2, 0) is 6.54 Å². The number of hydrogen-bond donors (Lipinski definition) is 1. The van der Waals surface area contributed by atoms with Gasteiger partial charge in [-0.1, -0.05) is 30.3 Å². The van der Waals surface area contributed by atoms with E-state index in [4.69, 9.17) is 5.26 Å². The molecule has 0 amide bonds. The number of benzene rings is 2. The van der Waals surface area contributed by atoms with E-state index in [1.54, 1.807) is 6.07 Å². The average Bonchev–Trinajstić information content (AvgIpc) is 2.48. The monoisotopic (exact) mass is 330 g/mol. The third kappa shape index (κ3) is 3.60. The van der Waals surface area contributed by atoms with Crippen molar-refractivity contribution in [3.8, 4) is 6.07 Å². The molecule has 0 saturated heterocycles. The van der Waals surface area contributed by atoms with Crippen LogP contribution in [0.25, 0.3) is 0 Å². The van der Waals surface area contributed by atoms with Gasteiger partial charge in [-0.25, -0.2) is 0 Å². The molecule has 0 radical (unpaired) electrons. The lowest BCUT2D eigenvalue weighted by atomic mass is 10.1. The minimum Gasteiger partial charge on any atom is -0.395 e. The van der Waals surface area contributed by atoms with Crippen molar-refractivity contribution in [3.63, 3.8) is 0 Å². The van der Waals surface area contributed by atoms with E-state index in [2.05, 4.69) is 39.0 Å². The summed E-state index contributed by atoms with van der Waals surface area (Å²) in [5, 5.41) is 18.2. The van der Waals surface area contributed by atoms with Gasteiger partial charge in [-0.15, -0.1) is 0 Å². The summed E-state index contributed by atoms with van der Waals surface area (Å²) in [6.45, 7) is 1.36. The molecule has 0 aliphatic carbocycles. The Labute approximate surface area is 127 Å².